The molecule has 0 aromatic rings. The Morgan fingerprint density at radius 2 is 1.05 bits per heavy atom. The maximum atomic E-state index is 13.4. The van der Waals surface area contributed by atoms with E-state index >= 15 is 0 Å². The molecule has 2 saturated heterocycles. The van der Waals surface area contributed by atoms with E-state index in [4.69, 9.17) is 63.6 Å². The van der Waals surface area contributed by atoms with Crippen molar-refractivity contribution in [1.29, 1.82) is 0 Å². The summed E-state index contributed by atoms with van der Waals surface area (Å²) in [6.07, 6.45) is -8.06. The molecule has 0 saturated carbocycles. The van der Waals surface area contributed by atoms with Crippen LogP contribution in [-0.4, -0.2) is 173 Å². The molecule has 2 rings (SSSR count). The number of hydrogen-bond acceptors (Lipinski definition) is 23. The van der Waals surface area contributed by atoms with Gasteiger partial charge < -0.3 is 79.5 Å². The van der Waals surface area contributed by atoms with Gasteiger partial charge in [-0.05, 0) is 6.42 Å². The molecule has 0 bridgehead atoms. The van der Waals surface area contributed by atoms with Crippen molar-refractivity contribution in [2.24, 2.45) is 11.5 Å². The van der Waals surface area contributed by atoms with E-state index in [0.717, 1.165) is 41.5 Å². The van der Waals surface area contributed by atoms with Crippen LogP contribution in [0, 0.1) is 0 Å². The minimum atomic E-state index is -1.68. The molecule has 0 aromatic heterocycles. The van der Waals surface area contributed by atoms with Crippen LogP contribution in [0.4, 0.5) is 0 Å². The summed E-state index contributed by atoms with van der Waals surface area (Å²) in [5.41, 5.74) is 11.0. The number of hydrogen-bond donors (Lipinski definition) is 5. The zero-order chi connectivity index (χ0) is 48.8. The summed E-state index contributed by atoms with van der Waals surface area (Å²) in [5.74, 6) is -9.42. The molecule has 2 aliphatic rings. The number of nitrogens with two attached hydrogens (primary N) is 2. The van der Waals surface area contributed by atoms with Gasteiger partial charge in [0.25, 0.3) is 0 Å². The van der Waals surface area contributed by atoms with E-state index in [2.05, 4.69) is 16.0 Å². The molecule has 0 unspecified atom stereocenters. The van der Waals surface area contributed by atoms with Crippen molar-refractivity contribution >= 4 is 65.4 Å². The highest BCUT2D eigenvalue weighted by Crippen LogP contribution is 2.27. The highest BCUT2D eigenvalue weighted by atomic mass is 16.7. The lowest BCUT2D eigenvalue weighted by atomic mass is 10.0. The number of rotatable bonds is 24. The second kappa shape index (κ2) is 27.8. The minimum Gasteiger partial charge on any atom is -0.460 e. The third kappa shape index (κ3) is 20.8. The van der Waals surface area contributed by atoms with Crippen LogP contribution in [0.1, 0.15) is 54.4 Å². The summed E-state index contributed by atoms with van der Waals surface area (Å²) in [5, 5.41) is 6.79. The molecule has 27 heteroatoms. The first kappa shape index (κ1) is 54.8. The Labute approximate surface area is 371 Å². The predicted molar refractivity (Wildman–Crippen MR) is 209 cm³/mol. The van der Waals surface area contributed by atoms with Crippen molar-refractivity contribution in [3.8, 4) is 0 Å². The number of carbonyl (C=O) groups is 11. The second-order valence-corrected chi connectivity index (χ2v) is 14.0. The maximum absolute atomic E-state index is 13.4. The molecule has 0 radical (unpaired) electrons. The van der Waals surface area contributed by atoms with E-state index in [9.17, 15) is 52.7 Å². The van der Waals surface area contributed by atoms with Gasteiger partial charge in [0.2, 0.25) is 23.6 Å². The SMILES string of the molecule is CC(=O)O[C@@H]1[C@@H](OC(C)=O)[C@H](OC[C@H](NC(=O)CNC(=O)[C@@H](N)CO[C@@H]2OC[C@@H](OC(C)=O)[C@H](OC(C)=O)[C@H]2OC(C)=O)C(=O)NCC(=O)OC/C=C/CCC(N)=O)OC[C@H]1OC(C)=O. The highest BCUT2D eigenvalue weighted by Gasteiger charge is 2.49. The van der Waals surface area contributed by atoms with Gasteiger partial charge in [-0.25, -0.2) is 0 Å². The molecule has 364 valence electrons. The lowest BCUT2D eigenvalue weighted by Gasteiger charge is -2.40. The number of carbonyl (C=O) groups excluding carboxylic acids is 11. The van der Waals surface area contributed by atoms with Gasteiger partial charge in [-0.1, -0.05) is 12.2 Å². The molecule has 0 aromatic carbocycles. The molecule has 10 atom stereocenters. The number of esters is 7. The molecule has 65 heavy (non-hydrogen) atoms. The predicted octanol–water partition coefficient (Wildman–Crippen LogP) is -4.27. The van der Waals surface area contributed by atoms with Crippen LogP contribution in [0.5, 0.6) is 0 Å². The highest BCUT2D eigenvalue weighted by molar-refractivity contribution is 5.92. The van der Waals surface area contributed by atoms with Crippen molar-refractivity contribution in [3.63, 3.8) is 0 Å². The van der Waals surface area contributed by atoms with Crippen molar-refractivity contribution in [3.05, 3.63) is 12.2 Å². The molecule has 4 amide bonds. The van der Waals surface area contributed by atoms with E-state index in [1.54, 1.807) is 6.08 Å². The zero-order valence-corrected chi connectivity index (χ0v) is 36.4. The third-order valence-corrected chi connectivity index (χ3v) is 8.36. The van der Waals surface area contributed by atoms with Crippen molar-refractivity contribution < 1.29 is 105 Å². The molecule has 2 heterocycles. The first-order valence-corrected chi connectivity index (χ1v) is 19.8. The fourth-order valence-electron chi connectivity index (χ4n) is 5.78. The summed E-state index contributed by atoms with van der Waals surface area (Å²) in [6, 6.07) is -3.20. The standard InChI is InChI=1S/C38H55N5O22/c1-18(44)60-26-16-58-37(33(64-22(5)48)31(26)62-20(3)46)56-14-24(39)35(53)41-12-29(51)43-25(36(54)42-13-30(52)55-11-9-7-8-10-28(40)50)15-57-38-34(65-23(6)49)32(63-21(4)47)27(17-59-38)61-19(2)45/h7,9,24-27,31-34,37-38H,8,10-17,39H2,1-6H3,(H2,40,50)(H,41,53)(H,42,54)(H,43,51)/b9-7+/t24-,25-,26+,27+,31-,32-,33+,34+,37+,38+/m0/s1. The number of nitrogens with one attached hydrogen (secondary N) is 3. The molecule has 2 fully saturated rings. The summed E-state index contributed by atoms with van der Waals surface area (Å²) in [4.78, 5) is 134. The van der Waals surface area contributed by atoms with Crippen LogP contribution < -0.4 is 27.4 Å². The van der Waals surface area contributed by atoms with Gasteiger partial charge in [0, 0.05) is 48.0 Å². The molecule has 27 nitrogen and oxygen atoms in total. The second-order valence-electron chi connectivity index (χ2n) is 14.0. The normalized spacial score (nSPS) is 23.6. The van der Waals surface area contributed by atoms with Gasteiger partial charge in [0.15, 0.2) is 49.2 Å². The lowest BCUT2D eigenvalue weighted by molar-refractivity contribution is -0.281. The first-order valence-electron chi connectivity index (χ1n) is 19.8. The Bertz CT molecular complexity index is 1760. The number of ether oxygens (including phenoxy) is 11. The smallest absolute Gasteiger partial charge is 0.325 e. The van der Waals surface area contributed by atoms with E-state index in [0.29, 0.717) is 6.42 Å². The summed E-state index contributed by atoms with van der Waals surface area (Å²) < 4.78 is 58.8. The van der Waals surface area contributed by atoms with Crippen molar-refractivity contribution in [2.45, 2.75) is 116 Å². The molecule has 0 spiro atoms. The van der Waals surface area contributed by atoms with E-state index < -0.39 is 160 Å². The molecular formula is C38H55N5O22. The van der Waals surface area contributed by atoms with E-state index in [1.807, 2.05) is 0 Å². The van der Waals surface area contributed by atoms with Crippen LogP contribution in [0.3, 0.4) is 0 Å². The van der Waals surface area contributed by atoms with Gasteiger partial charge in [-0.3, -0.25) is 52.7 Å². The monoisotopic (exact) mass is 933 g/mol. The van der Waals surface area contributed by atoms with Crippen LogP contribution in [0.2, 0.25) is 0 Å². The summed E-state index contributed by atoms with van der Waals surface area (Å²) in [6.45, 7) is 2.36. The third-order valence-electron chi connectivity index (χ3n) is 8.36. The quantitative estimate of drug-likeness (QED) is 0.0347. The Morgan fingerprint density at radius 1 is 0.600 bits per heavy atom. The summed E-state index contributed by atoms with van der Waals surface area (Å²) in [7, 11) is 0. The van der Waals surface area contributed by atoms with E-state index in [1.165, 1.54) is 6.08 Å². The average molecular weight is 934 g/mol. The number of primary amides is 1. The van der Waals surface area contributed by atoms with Gasteiger partial charge in [-0.15, -0.1) is 0 Å². The van der Waals surface area contributed by atoms with Crippen LogP contribution in [0.15, 0.2) is 12.2 Å². The zero-order valence-electron chi connectivity index (χ0n) is 36.4. The van der Waals surface area contributed by atoms with E-state index in [-0.39, 0.29) is 19.6 Å². The van der Waals surface area contributed by atoms with Crippen LogP contribution in [-0.2, 0) is 105 Å². The van der Waals surface area contributed by atoms with Gasteiger partial charge in [-0.2, -0.15) is 0 Å². The topological polar surface area (TPSA) is 377 Å². The summed E-state index contributed by atoms with van der Waals surface area (Å²) >= 11 is 0. The Hall–Kier alpha value is -6.29. The number of allylic oxidation sites excluding steroid dienone is 1. The Morgan fingerprint density at radius 3 is 1.51 bits per heavy atom. The first-order chi connectivity index (χ1) is 30.6. The largest absolute Gasteiger partial charge is 0.460 e. The van der Waals surface area contributed by atoms with Gasteiger partial charge >= 0.3 is 41.8 Å². The molecule has 0 aliphatic carbocycles. The Balaban J connectivity index is 2.17. The molecular weight excluding hydrogens is 878 g/mol. The van der Waals surface area contributed by atoms with Crippen LogP contribution >= 0.6 is 0 Å². The molecule has 2 aliphatic heterocycles. The van der Waals surface area contributed by atoms with Gasteiger partial charge in [0.05, 0.1) is 33.0 Å². The van der Waals surface area contributed by atoms with Gasteiger partial charge in [0.1, 0.15) is 25.2 Å². The minimum absolute atomic E-state index is 0.0721. The maximum Gasteiger partial charge on any atom is 0.325 e. The van der Waals surface area contributed by atoms with Crippen molar-refractivity contribution in [1.82, 2.24) is 16.0 Å². The average Bonchev–Trinajstić information content (AvgIpc) is 3.20. The fraction of sp³-hybridized carbons (Fsp3) is 0.658. The molecule has 7 N–H and O–H groups in total. The number of amides is 4. The van der Waals surface area contributed by atoms with Crippen molar-refractivity contribution in [2.75, 3.05) is 46.1 Å². The lowest BCUT2D eigenvalue weighted by Crippen LogP contribution is -2.59. The van der Waals surface area contributed by atoms with Crippen LogP contribution in [0.25, 0.3) is 0 Å². The Kier molecular flexibility index (Phi) is 23.5. The fourth-order valence-corrected chi connectivity index (χ4v) is 5.78.